The lowest BCUT2D eigenvalue weighted by Gasteiger charge is -2.05. The second-order valence-electron chi connectivity index (χ2n) is 5.29. The Morgan fingerprint density at radius 1 is 1.21 bits per heavy atom. The normalized spacial score (nSPS) is 10.8. The average Bonchev–Trinajstić information content (AvgIpc) is 2.83. The van der Waals surface area contributed by atoms with E-state index >= 15 is 0 Å². The quantitative estimate of drug-likeness (QED) is 0.628. The molecule has 0 radical (unpaired) electrons. The summed E-state index contributed by atoms with van der Waals surface area (Å²) in [6.07, 6.45) is 0. The van der Waals surface area contributed by atoms with Crippen LogP contribution in [0, 0.1) is 6.92 Å². The second-order valence-corrected chi connectivity index (χ2v) is 5.70. The average molecular weight is 345 g/mol. The van der Waals surface area contributed by atoms with Crippen LogP contribution < -0.4 is 11.1 Å². The van der Waals surface area contributed by atoms with Crippen LogP contribution in [0.1, 0.15) is 21.7 Å². The third-order valence-electron chi connectivity index (χ3n) is 3.50. The number of aryl methyl sites for hydroxylation is 1. The van der Waals surface area contributed by atoms with Gasteiger partial charge in [-0.05, 0) is 36.8 Å². The minimum Gasteiger partial charge on any atom is -0.508 e. The van der Waals surface area contributed by atoms with E-state index in [1.54, 1.807) is 18.2 Å². The maximum absolute atomic E-state index is 12.8. The van der Waals surface area contributed by atoms with Crippen molar-refractivity contribution in [1.29, 1.82) is 0 Å². The van der Waals surface area contributed by atoms with Crippen LogP contribution in [-0.2, 0) is 0 Å². The van der Waals surface area contributed by atoms with Gasteiger partial charge in [-0.2, -0.15) is 0 Å². The number of anilines is 1. The number of phenolic OH excluding ortho intramolecular Hbond substituents is 1. The van der Waals surface area contributed by atoms with Crippen LogP contribution in [0.2, 0.25) is 5.02 Å². The number of furan rings is 1. The molecule has 0 aliphatic carbocycles. The van der Waals surface area contributed by atoms with Gasteiger partial charge in [0.05, 0.1) is 5.02 Å². The molecular formula is C17H13ClN2O4. The maximum atomic E-state index is 12.8. The lowest BCUT2D eigenvalue weighted by Crippen LogP contribution is -2.20. The molecule has 0 spiro atoms. The van der Waals surface area contributed by atoms with E-state index in [0.29, 0.717) is 5.39 Å². The van der Waals surface area contributed by atoms with Crippen LogP contribution in [0.4, 0.5) is 10.5 Å². The number of carbonyl (C=O) groups is 2. The number of rotatable bonds is 3. The summed E-state index contributed by atoms with van der Waals surface area (Å²) in [5, 5.41) is 12.7. The van der Waals surface area contributed by atoms with E-state index in [0.717, 1.165) is 5.56 Å². The van der Waals surface area contributed by atoms with Crippen molar-refractivity contribution in [1.82, 2.24) is 0 Å². The number of benzene rings is 2. The first-order valence-corrected chi connectivity index (χ1v) is 7.37. The first kappa shape index (κ1) is 15.9. The molecule has 7 heteroatoms. The molecule has 0 saturated carbocycles. The van der Waals surface area contributed by atoms with E-state index in [9.17, 15) is 14.7 Å². The van der Waals surface area contributed by atoms with Crippen LogP contribution in [0.25, 0.3) is 11.0 Å². The van der Waals surface area contributed by atoms with Crippen molar-refractivity contribution in [3.63, 3.8) is 0 Å². The predicted molar refractivity (Wildman–Crippen MR) is 90.7 cm³/mol. The fourth-order valence-electron chi connectivity index (χ4n) is 2.42. The number of hydrogen-bond acceptors (Lipinski definition) is 4. The fourth-order valence-corrected chi connectivity index (χ4v) is 2.74. The highest BCUT2D eigenvalue weighted by Gasteiger charge is 2.24. The lowest BCUT2D eigenvalue weighted by atomic mass is 10.1. The number of phenols is 1. The minimum absolute atomic E-state index is 0.0331. The molecule has 0 aliphatic heterocycles. The number of primary amides is 1. The molecule has 0 atom stereocenters. The molecule has 0 saturated heterocycles. The van der Waals surface area contributed by atoms with Crippen LogP contribution >= 0.6 is 11.6 Å². The number of nitrogens with two attached hydrogens (primary N) is 1. The van der Waals surface area contributed by atoms with Crippen molar-refractivity contribution >= 4 is 40.1 Å². The van der Waals surface area contributed by atoms with Gasteiger partial charge >= 0.3 is 6.03 Å². The van der Waals surface area contributed by atoms with Crippen molar-refractivity contribution in [3.8, 4) is 5.75 Å². The van der Waals surface area contributed by atoms with Gasteiger partial charge in [-0.3, -0.25) is 4.79 Å². The number of ketones is 1. The zero-order valence-corrected chi connectivity index (χ0v) is 13.3. The number of hydrogen-bond donors (Lipinski definition) is 3. The number of urea groups is 1. The zero-order chi connectivity index (χ0) is 17.4. The van der Waals surface area contributed by atoms with E-state index in [-0.39, 0.29) is 33.4 Å². The summed E-state index contributed by atoms with van der Waals surface area (Å²) in [5.41, 5.74) is 6.70. The molecule has 0 aliphatic rings. The summed E-state index contributed by atoms with van der Waals surface area (Å²) in [6, 6.07) is 8.42. The van der Waals surface area contributed by atoms with E-state index in [1.165, 1.54) is 18.2 Å². The molecule has 0 unspecified atom stereocenters. The first-order chi connectivity index (χ1) is 11.4. The van der Waals surface area contributed by atoms with Gasteiger partial charge in [0.2, 0.25) is 5.78 Å². The van der Waals surface area contributed by atoms with Gasteiger partial charge in [-0.1, -0.05) is 17.7 Å². The summed E-state index contributed by atoms with van der Waals surface area (Å²) in [5.74, 6) is -0.645. The van der Waals surface area contributed by atoms with Gasteiger partial charge in [-0.15, -0.1) is 0 Å². The summed E-state index contributed by atoms with van der Waals surface area (Å²) in [4.78, 5) is 24.1. The molecular weight excluding hydrogens is 332 g/mol. The van der Waals surface area contributed by atoms with Crippen LogP contribution in [0.15, 0.2) is 40.8 Å². The molecule has 0 bridgehead atoms. The topological polar surface area (TPSA) is 106 Å². The summed E-state index contributed by atoms with van der Waals surface area (Å²) in [7, 11) is 0. The third kappa shape index (κ3) is 2.79. The zero-order valence-electron chi connectivity index (χ0n) is 12.6. The number of nitrogens with one attached hydrogen (secondary N) is 1. The number of amides is 2. The smallest absolute Gasteiger partial charge is 0.316 e. The Morgan fingerprint density at radius 2 is 1.96 bits per heavy atom. The Morgan fingerprint density at radius 3 is 2.62 bits per heavy atom. The lowest BCUT2D eigenvalue weighted by molar-refractivity contribution is 0.101. The standard InChI is InChI=1S/C17H13ClN2O4/c1-8-2-4-10(12(18)6-8)15(22)16-14(20-17(19)23)11-5-3-9(21)7-13(11)24-16/h2-7,21H,1H3,(H3,19,20,23). The van der Waals surface area contributed by atoms with E-state index < -0.39 is 11.8 Å². The van der Waals surface area contributed by atoms with Crippen molar-refractivity contribution in [2.45, 2.75) is 6.92 Å². The highest BCUT2D eigenvalue weighted by Crippen LogP contribution is 2.35. The summed E-state index contributed by atoms with van der Waals surface area (Å²) < 4.78 is 5.54. The molecule has 3 rings (SSSR count). The van der Waals surface area contributed by atoms with E-state index in [4.69, 9.17) is 21.8 Å². The van der Waals surface area contributed by atoms with Gasteiger partial charge in [0.1, 0.15) is 17.0 Å². The maximum Gasteiger partial charge on any atom is 0.316 e. The Kier molecular flexibility index (Phi) is 3.91. The molecule has 2 aromatic carbocycles. The number of fused-ring (bicyclic) bond motifs is 1. The summed E-state index contributed by atoms with van der Waals surface area (Å²) in [6.45, 7) is 1.85. The van der Waals surface area contributed by atoms with Crippen molar-refractivity contribution in [3.05, 3.63) is 58.3 Å². The molecule has 2 amide bonds. The van der Waals surface area contributed by atoms with Crippen molar-refractivity contribution < 1.29 is 19.1 Å². The second kappa shape index (κ2) is 5.90. The minimum atomic E-state index is -0.838. The van der Waals surface area contributed by atoms with Gasteiger partial charge < -0.3 is 20.6 Å². The van der Waals surface area contributed by atoms with Gasteiger partial charge in [0, 0.05) is 17.0 Å². The van der Waals surface area contributed by atoms with E-state index in [2.05, 4.69) is 5.32 Å². The Balaban J connectivity index is 2.20. The Labute approximate surface area is 141 Å². The molecule has 24 heavy (non-hydrogen) atoms. The van der Waals surface area contributed by atoms with E-state index in [1.807, 2.05) is 6.92 Å². The SMILES string of the molecule is Cc1ccc(C(=O)c2oc3cc(O)ccc3c2NC(N)=O)c(Cl)c1. The van der Waals surface area contributed by atoms with Crippen LogP contribution in [0.3, 0.4) is 0 Å². The molecule has 6 nitrogen and oxygen atoms in total. The monoisotopic (exact) mass is 344 g/mol. The van der Waals surface area contributed by atoms with Gasteiger partial charge in [-0.25, -0.2) is 4.79 Å². The highest BCUT2D eigenvalue weighted by molar-refractivity contribution is 6.35. The fraction of sp³-hybridized carbons (Fsp3) is 0.0588. The molecule has 1 heterocycles. The van der Waals surface area contributed by atoms with Crippen LogP contribution in [-0.4, -0.2) is 16.9 Å². The first-order valence-electron chi connectivity index (χ1n) is 6.99. The van der Waals surface area contributed by atoms with Crippen LogP contribution in [0.5, 0.6) is 5.75 Å². The number of carbonyl (C=O) groups excluding carboxylic acids is 2. The van der Waals surface area contributed by atoms with Gasteiger partial charge in [0.25, 0.3) is 0 Å². The van der Waals surface area contributed by atoms with Gasteiger partial charge in [0.15, 0.2) is 5.76 Å². The molecule has 122 valence electrons. The highest BCUT2D eigenvalue weighted by atomic mass is 35.5. The predicted octanol–water partition coefficient (Wildman–Crippen LogP) is 3.82. The Bertz CT molecular complexity index is 978. The third-order valence-corrected chi connectivity index (χ3v) is 3.81. The molecule has 3 aromatic rings. The summed E-state index contributed by atoms with van der Waals surface area (Å²) >= 11 is 6.14. The molecule has 4 N–H and O–H groups in total. The Hall–Kier alpha value is -2.99. The van der Waals surface area contributed by atoms with Crippen molar-refractivity contribution in [2.75, 3.05) is 5.32 Å². The van der Waals surface area contributed by atoms with Crippen molar-refractivity contribution in [2.24, 2.45) is 5.73 Å². The number of aromatic hydroxyl groups is 1. The molecule has 1 aromatic heterocycles. The largest absolute Gasteiger partial charge is 0.508 e. The number of halogens is 1. The molecule has 0 fully saturated rings.